The van der Waals surface area contributed by atoms with Crippen molar-refractivity contribution in [1.29, 1.82) is 0 Å². The molecule has 32 heavy (non-hydrogen) atoms. The second-order valence-corrected chi connectivity index (χ2v) is 10.6. The first kappa shape index (κ1) is 22.2. The van der Waals surface area contributed by atoms with E-state index in [-0.39, 0.29) is 21.9 Å². The number of benzene rings is 2. The summed E-state index contributed by atoms with van der Waals surface area (Å²) < 4.78 is 27.5. The van der Waals surface area contributed by atoms with E-state index < -0.39 is 21.8 Å². The first-order chi connectivity index (χ1) is 15.1. The smallest absolute Gasteiger partial charge is 0.261 e. The van der Waals surface area contributed by atoms with Crippen LogP contribution in [0.3, 0.4) is 0 Å². The predicted octanol–water partition coefficient (Wildman–Crippen LogP) is 2.83. The molecule has 2 aliphatic heterocycles. The molecule has 0 aromatic heterocycles. The Labute approximate surface area is 187 Å². The summed E-state index contributed by atoms with van der Waals surface area (Å²) in [5.41, 5.74) is 1.19. The Bertz CT molecular complexity index is 1200. The summed E-state index contributed by atoms with van der Waals surface area (Å²) in [6, 6.07) is 10.3. The van der Waals surface area contributed by atoms with E-state index >= 15 is 0 Å². The number of piperidine rings is 1. The molecule has 9 heteroatoms. The summed E-state index contributed by atoms with van der Waals surface area (Å²) in [5.74, 6) is -0.644. The number of sulfonamides is 1. The van der Waals surface area contributed by atoms with Gasteiger partial charge in [-0.25, -0.2) is 8.42 Å². The predicted molar refractivity (Wildman–Crippen MR) is 119 cm³/mol. The van der Waals surface area contributed by atoms with E-state index in [2.05, 4.69) is 5.32 Å². The Balaban J connectivity index is 1.50. The highest BCUT2D eigenvalue weighted by Gasteiger charge is 2.33. The molecular formula is C23H25N3O5S. The van der Waals surface area contributed by atoms with Crippen LogP contribution in [0, 0.1) is 11.8 Å². The minimum absolute atomic E-state index is 0.153. The molecule has 2 heterocycles. The highest BCUT2D eigenvalue weighted by Crippen LogP contribution is 2.27. The van der Waals surface area contributed by atoms with Gasteiger partial charge in [-0.1, -0.05) is 13.8 Å². The molecule has 3 amide bonds. The zero-order valence-electron chi connectivity index (χ0n) is 18.2. The van der Waals surface area contributed by atoms with Crippen LogP contribution in [0.4, 0.5) is 5.69 Å². The van der Waals surface area contributed by atoms with Gasteiger partial charge in [0.25, 0.3) is 17.7 Å². The molecule has 8 nitrogen and oxygen atoms in total. The first-order valence-corrected chi connectivity index (χ1v) is 11.9. The molecular weight excluding hydrogens is 430 g/mol. The van der Waals surface area contributed by atoms with Gasteiger partial charge in [-0.3, -0.25) is 19.3 Å². The molecule has 0 radical (unpaired) electrons. The minimum Gasteiger partial charge on any atom is -0.322 e. The van der Waals surface area contributed by atoms with Crippen molar-refractivity contribution in [2.75, 3.05) is 25.5 Å². The van der Waals surface area contributed by atoms with Crippen molar-refractivity contribution < 1.29 is 22.8 Å². The number of rotatable bonds is 4. The zero-order chi connectivity index (χ0) is 23.2. The lowest BCUT2D eigenvalue weighted by Crippen LogP contribution is -2.42. The summed E-state index contributed by atoms with van der Waals surface area (Å²) in [6.07, 6.45) is 1.00. The number of anilines is 1. The van der Waals surface area contributed by atoms with Gasteiger partial charge in [0.05, 0.1) is 16.0 Å². The van der Waals surface area contributed by atoms with Crippen LogP contribution >= 0.6 is 0 Å². The Kier molecular flexibility index (Phi) is 5.64. The zero-order valence-corrected chi connectivity index (χ0v) is 19.0. The number of amides is 3. The van der Waals surface area contributed by atoms with Crippen LogP contribution in [0.5, 0.6) is 0 Å². The van der Waals surface area contributed by atoms with Gasteiger partial charge in [0.1, 0.15) is 0 Å². The van der Waals surface area contributed by atoms with Crippen molar-refractivity contribution in [1.82, 2.24) is 9.21 Å². The van der Waals surface area contributed by atoms with E-state index in [0.29, 0.717) is 36.2 Å². The third-order valence-corrected chi connectivity index (χ3v) is 7.78. The second-order valence-electron chi connectivity index (χ2n) is 8.68. The number of fused-ring (bicyclic) bond motifs is 1. The van der Waals surface area contributed by atoms with Crippen LogP contribution in [0.1, 0.15) is 51.3 Å². The maximum absolute atomic E-state index is 13.0. The number of carbonyl (C=O) groups excluding carboxylic acids is 3. The quantitative estimate of drug-likeness (QED) is 0.714. The van der Waals surface area contributed by atoms with Gasteiger partial charge in [0.15, 0.2) is 0 Å². The fourth-order valence-corrected chi connectivity index (χ4v) is 6.05. The fourth-order valence-electron chi connectivity index (χ4n) is 4.37. The van der Waals surface area contributed by atoms with Gasteiger partial charge in [0, 0.05) is 31.4 Å². The Morgan fingerprint density at radius 2 is 1.53 bits per heavy atom. The third-order valence-electron chi connectivity index (χ3n) is 5.94. The van der Waals surface area contributed by atoms with Crippen molar-refractivity contribution in [2.45, 2.75) is 25.2 Å². The average Bonchev–Trinajstić information content (AvgIpc) is 2.97. The molecule has 0 aliphatic carbocycles. The molecule has 2 aromatic rings. The lowest BCUT2D eigenvalue weighted by molar-refractivity contribution is 0.0692. The molecule has 0 unspecified atom stereocenters. The number of hydrogen-bond acceptors (Lipinski definition) is 5. The van der Waals surface area contributed by atoms with E-state index in [4.69, 9.17) is 0 Å². The van der Waals surface area contributed by atoms with E-state index in [0.717, 1.165) is 11.3 Å². The lowest BCUT2D eigenvalue weighted by Gasteiger charge is -2.34. The number of nitrogens with one attached hydrogen (secondary N) is 1. The van der Waals surface area contributed by atoms with Gasteiger partial charge >= 0.3 is 0 Å². The minimum atomic E-state index is -3.63. The Hall–Kier alpha value is -3.04. The van der Waals surface area contributed by atoms with Crippen LogP contribution in [0.25, 0.3) is 0 Å². The standard InChI is InChI=1S/C23H25N3O5S/c1-14-10-15(2)13-26(12-14)32(30,31)18-7-4-16(5-8-18)21(27)24-17-6-9-19-20(11-17)23(29)25(3)22(19)28/h4-9,11,14-15H,10,12-13H2,1-3H3,(H,24,27)/t14-,15-/m0/s1. The van der Waals surface area contributed by atoms with Crippen LogP contribution in [-0.4, -0.2) is 55.5 Å². The van der Waals surface area contributed by atoms with Crippen LogP contribution in [0.15, 0.2) is 47.4 Å². The van der Waals surface area contributed by atoms with Crippen LogP contribution in [-0.2, 0) is 10.0 Å². The van der Waals surface area contributed by atoms with E-state index in [1.54, 1.807) is 6.07 Å². The monoisotopic (exact) mass is 455 g/mol. The van der Waals surface area contributed by atoms with Crippen molar-refractivity contribution in [3.8, 4) is 0 Å². The number of carbonyl (C=O) groups is 3. The lowest BCUT2D eigenvalue weighted by atomic mass is 9.94. The fraction of sp³-hybridized carbons (Fsp3) is 0.348. The van der Waals surface area contributed by atoms with Gasteiger partial charge in [-0.15, -0.1) is 0 Å². The summed E-state index contributed by atoms with van der Waals surface area (Å²) in [5, 5.41) is 2.69. The normalized spacial score (nSPS) is 21.5. The van der Waals surface area contributed by atoms with Crippen LogP contribution < -0.4 is 5.32 Å². The van der Waals surface area contributed by atoms with Crippen molar-refractivity contribution in [2.24, 2.45) is 11.8 Å². The highest BCUT2D eigenvalue weighted by molar-refractivity contribution is 7.89. The molecule has 4 rings (SSSR count). The molecule has 168 valence electrons. The highest BCUT2D eigenvalue weighted by atomic mass is 32.2. The SMILES string of the molecule is C[C@H]1C[C@H](C)CN(S(=O)(=O)c2ccc(C(=O)Nc3ccc4c(c3)C(=O)N(C)C4=O)cc2)C1. The average molecular weight is 456 g/mol. The van der Waals surface area contributed by atoms with Gasteiger partial charge in [0.2, 0.25) is 10.0 Å². The first-order valence-electron chi connectivity index (χ1n) is 10.5. The maximum atomic E-state index is 13.0. The van der Waals surface area contributed by atoms with Crippen molar-refractivity contribution in [3.05, 3.63) is 59.2 Å². The van der Waals surface area contributed by atoms with E-state index in [1.165, 1.54) is 47.8 Å². The summed E-state index contributed by atoms with van der Waals surface area (Å²) in [6.45, 7) is 5.07. The topological polar surface area (TPSA) is 104 Å². The number of nitrogens with zero attached hydrogens (tertiary/aromatic N) is 2. The van der Waals surface area contributed by atoms with Crippen molar-refractivity contribution >= 4 is 33.4 Å². The molecule has 0 bridgehead atoms. The summed E-state index contributed by atoms with van der Waals surface area (Å²) in [7, 11) is -2.22. The third kappa shape index (κ3) is 3.93. The maximum Gasteiger partial charge on any atom is 0.261 e. The van der Waals surface area contributed by atoms with Crippen LogP contribution in [0.2, 0.25) is 0 Å². The molecule has 0 saturated carbocycles. The number of hydrogen-bond donors (Lipinski definition) is 1. The Morgan fingerprint density at radius 1 is 0.938 bits per heavy atom. The van der Waals surface area contributed by atoms with Gasteiger partial charge in [-0.2, -0.15) is 4.31 Å². The molecule has 1 fully saturated rings. The molecule has 0 spiro atoms. The molecule has 2 atom stereocenters. The van der Waals surface area contributed by atoms with Crippen molar-refractivity contribution in [3.63, 3.8) is 0 Å². The molecule has 1 saturated heterocycles. The molecule has 1 N–H and O–H groups in total. The summed E-state index contributed by atoms with van der Waals surface area (Å²) in [4.78, 5) is 38.0. The van der Waals surface area contributed by atoms with Gasteiger partial charge < -0.3 is 5.32 Å². The van der Waals surface area contributed by atoms with Gasteiger partial charge in [-0.05, 0) is 60.7 Å². The van der Waals surface area contributed by atoms with E-state index in [9.17, 15) is 22.8 Å². The Morgan fingerprint density at radius 3 is 2.16 bits per heavy atom. The summed E-state index contributed by atoms with van der Waals surface area (Å²) >= 11 is 0. The second kappa shape index (κ2) is 8.14. The molecule has 2 aromatic carbocycles. The number of imide groups is 1. The largest absolute Gasteiger partial charge is 0.322 e. The van der Waals surface area contributed by atoms with E-state index in [1.807, 2.05) is 13.8 Å². The molecule has 2 aliphatic rings.